The number of rotatable bonds is 6. The molecule has 1 aromatic heterocycles. The van der Waals surface area contributed by atoms with Gasteiger partial charge in [-0.3, -0.25) is 10.1 Å². The van der Waals surface area contributed by atoms with Crippen LogP contribution in [0.15, 0.2) is 36.5 Å². The van der Waals surface area contributed by atoms with Crippen LogP contribution < -0.4 is 15.4 Å². The first-order chi connectivity index (χ1) is 12.6. The fraction of sp³-hybridized carbons (Fsp3) is 0.294. The standard InChI is InChI=1S/C17H18N4O5/c1-25-13-9-21(12-5-3-2-4-6-12)20-15(13)16(23)26-10-14(22)19-17(24)18-11-7-8-11/h2-6,9,11H,7-8,10H2,1H3,(H2,18,19,22,24). The van der Waals surface area contributed by atoms with Crippen LogP contribution in [-0.4, -0.2) is 47.4 Å². The summed E-state index contributed by atoms with van der Waals surface area (Å²) in [6.45, 7) is -0.599. The van der Waals surface area contributed by atoms with Crippen molar-refractivity contribution in [2.45, 2.75) is 18.9 Å². The Morgan fingerprint density at radius 2 is 1.96 bits per heavy atom. The number of nitrogens with one attached hydrogen (secondary N) is 2. The number of benzene rings is 1. The lowest BCUT2D eigenvalue weighted by molar-refractivity contribution is -0.123. The van der Waals surface area contributed by atoms with Gasteiger partial charge in [0.15, 0.2) is 12.4 Å². The molecule has 1 aliphatic rings. The second kappa shape index (κ2) is 7.68. The summed E-state index contributed by atoms with van der Waals surface area (Å²) in [5.74, 6) is -1.34. The molecular weight excluding hydrogens is 340 g/mol. The number of ether oxygens (including phenoxy) is 2. The summed E-state index contributed by atoms with van der Waals surface area (Å²) in [5, 5.41) is 8.84. The molecule has 2 N–H and O–H groups in total. The lowest BCUT2D eigenvalue weighted by Gasteiger charge is -2.06. The number of hydrogen-bond donors (Lipinski definition) is 2. The summed E-state index contributed by atoms with van der Waals surface area (Å²) in [5.41, 5.74) is 0.672. The molecule has 1 fully saturated rings. The molecule has 26 heavy (non-hydrogen) atoms. The second-order valence-corrected chi connectivity index (χ2v) is 5.70. The van der Waals surface area contributed by atoms with Crippen LogP contribution in [0.4, 0.5) is 4.79 Å². The molecule has 2 aromatic rings. The van der Waals surface area contributed by atoms with E-state index >= 15 is 0 Å². The molecule has 0 bridgehead atoms. The van der Waals surface area contributed by atoms with E-state index in [1.165, 1.54) is 18.0 Å². The molecule has 0 aliphatic heterocycles. The molecule has 3 amide bonds. The summed E-state index contributed by atoms with van der Waals surface area (Å²) in [6.07, 6.45) is 3.34. The molecule has 0 atom stereocenters. The Hall–Kier alpha value is -3.36. The van der Waals surface area contributed by atoms with Crippen LogP contribution in [0.25, 0.3) is 5.69 Å². The monoisotopic (exact) mass is 358 g/mol. The van der Waals surface area contributed by atoms with Crippen molar-refractivity contribution in [1.29, 1.82) is 0 Å². The predicted molar refractivity (Wildman–Crippen MR) is 90.1 cm³/mol. The van der Waals surface area contributed by atoms with Gasteiger partial charge in [-0.25, -0.2) is 14.3 Å². The fourth-order valence-corrected chi connectivity index (χ4v) is 2.17. The quantitative estimate of drug-likeness (QED) is 0.746. The van der Waals surface area contributed by atoms with E-state index in [2.05, 4.69) is 15.7 Å². The van der Waals surface area contributed by atoms with E-state index in [0.29, 0.717) is 0 Å². The molecule has 0 spiro atoms. The van der Waals surface area contributed by atoms with Crippen molar-refractivity contribution in [2.75, 3.05) is 13.7 Å². The fourth-order valence-electron chi connectivity index (χ4n) is 2.17. The molecule has 1 saturated carbocycles. The first-order valence-corrected chi connectivity index (χ1v) is 8.03. The Balaban J connectivity index is 1.59. The van der Waals surface area contributed by atoms with Crippen LogP contribution in [0.3, 0.4) is 0 Å². The number of aromatic nitrogens is 2. The van der Waals surface area contributed by atoms with Gasteiger partial charge in [0, 0.05) is 6.04 Å². The zero-order chi connectivity index (χ0) is 18.5. The van der Waals surface area contributed by atoms with Gasteiger partial charge >= 0.3 is 12.0 Å². The van der Waals surface area contributed by atoms with Crippen molar-refractivity contribution >= 4 is 17.9 Å². The van der Waals surface area contributed by atoms with Gasteiger partial charge in [0.25, 0.3) is 5.91 Å². The molecule has 0 saturated heterocycles. The summed E-state index contributed by atoms with van der Waals surface area (Å²) in [7, 11) is 1.40. The molecule has 1 aromatic carbocycles. The summed E-state index contributed by atoms with van der Waals surface area (Å²) < 4.78 is 11.5. The third-order valence-electron chi connectivity index (χ3n) is 3.61. The third kappa shape index (κ3) is 4.38. The van der Waals surface area contributed by atoms with Crippen molar-refractivity contribution in [3.05, 3.63) is 42.2 Å². The number of urea groups is 1. The van der Waals surface area contributed by atoms with Crippen LogP contribution in [0.5, 0.6) is 5.75 Å². The van der Waals surface area contributed by atoms with E-state index in [1.807, 2.05) is 30.3 Å². The predicted octanol–water partition coefficient (Wildman–Crippen LogP) is 1.03. The minimum Gasteiger partial charge on any atom is -0.493 e. The third-order valence-corrected chi connectivity index (χ3v) is 3.61. The van der Waals surface area contributed by atoms with Crippen molar-refractivity contribution in [1.82, 2.24) is 20.4 Å². The summed E-state index contributed by atoms with van der Waals surface area (Å²) in [6, 6.07) is 8.67. The first kappa shape index (κ1) is 17.5. The second-order valence-electron chi connectivity index (χ2n) is 5.70. The molecule has 3 rings (SSSR count). The topological polar surface area (TPSA) is 112 Å². The van der Waals surface area contributed by atoms with Crippen LogP contribution in [0, 0.1) is 0 Å². The first-order valence-electron chi connectivity index (χ1n) is 8.03. The number of methoxy groups -OCH3 is 1. The Kier molecular flexibility index (Phi) is 5.16. The zero-order valence-electron chi connectivity index (χ0n) is 14.1. The molecule has 1 aliphatic carbocycles. The highest BCUT2D eigenvalue weighted by atomic mass is 16.5. The van der Waals surface area contributed by atoms with E-state index in [1.54, 1.807) is 0 Å². The number of carbonyl (C=O) groups excluding carboxylic acids is 3. The Bertz CT molecular complexity index is 814. The van der Waals surface area contributed by atoms with Gasteiger partial charge in [0.2, 0.25) is 5.69 Å². The molecule has 0 radical (unpaired) electrons. The molecular formula is C17H18N4O5. The smallest absolute Gasteiger partial charge is 0.363 e. The Labute approximate surface area is 149 Å². The SMILES string of the molecule is COc1cn(-c2ccccc2)nc1C(=O)OCC(=O)NC(=O)NC1CC1. The lowest BCUT2D eigenvalue weighted by Crippen LogP contribution is -2.42. The molecule has 136 valence electrons. The number of hydrogen-bond acceptors (Lipinski definition) is 6. The maximum Gasteiger partial charge on any atom is 0.363 e. The highest BCUT2D eigenvalue weighted by molar-refractivity contribution is 5.97. The maximum atomic E-state index is 12.2. The molecule has 9 nitrogen and oxygen atoms in total. The highest BCUT2D eigenvalue weighted by Crippen LogP contribution is 2.20. The number of imide groups is 1. The van der Waals surface area contributed by atoms with E-state index in [0.717, 1.165) is 18.5 Å². The van der Waals surface area contributed by atoms with Gasteiger partial charge in [0.1, 0.15) is 0 Å². The van der Waals surface area contributed by atoms with Gasteiger partial charge < -0.3 is 14.8 Å². The Morgan fingerprint density at radius 3 is 2.62 bits per heavy atom. The minimum absolute atomic E-state index is 0.0633. The maximum absolute atomic E-state index is 12.2. The van der Waals surface area contributed by atoms with Gasteiger partial charge in [0.05, 0.1) is 19.0 Å². The molecule has 9 heteroatoms. The zero-order valence-corrected chi connectivity index (χ0v) is 14.1. The van der Waals surface area contributed by atoms with Gasteiger partial charge in [-0.1, -0.05) is 18.2 Å². The average Bonchev–Trinajstić information content (AvgIpc) is 3.34. The van der Waals surface area contributed by atoms with Gasteiger partial charge in [-0.05, 0) is 25.0 Å². The van der Waals surface area contributed by atoms with Crippen molar-refractivity contribution < 1.29 is 23.9 Å². The van der Waals surface area contributed by atoms with Crippen LogP contribution >= 0.6 is 0 Å². The number of amides is 3. The molecule has 0 unspecified atom stereocenters. The Morgan fingerprint density at radius 1 is 1.23 bits per heavy atom. The number of nitrogens with zero attached hydrogens (tertiary/aromatic N) is 2. The van der Waals surface area contributed by atoms with Crippen LogP contribution in [0.2, 0.25) is 0 Å². The van der Waals surface area contributed by atoms with Crippen LogP contribution in [-0.2, 0) is 9.53 Å². The summed E-state index contributed by atoms with van der Waals surface area (Å²) in [4.78, 5) is 35.3. The van der Waals surface area contributed by atoms with E-state index < -0.39 is 24.5 Å². The normalized spacial score (nSPS) is 13.0. The number of esters is 1. The van der Waals surface area contributed by atoms with E-state index in [-0.39, 0.29) is 17.5 Å². The van der Waals surface area contributed by atoms with Crippen molar-refractivity contribution in [3.63, 3.8) is 0 Å². The number of carbonyl (C=O) groups is 3. The van der Waals surface area contributed by atoms with Gasteiger partial charge in [-0.15, -0.1) is 0 Å². The highest BCUT2D eigenvalue weighted by Gasteiger charge is 2.25. The number of para-hydroxylation sites is 1. The summed E-state index contributed by atoms with van der Waals surface area (Å²) >= 11 is 0. The van der Waals surface area contributed by atoms with Gasteiger partial charge in [-0.2, -0.15) is 5.10 Å². The lowest BCUT2D eigenvalue weighted by atomic mass is 10.3. The van der Waals surface area contributed by atoms with Crippen molar-refractivity contribution in [2.24, 2.45) is 0 Å². The van der Waals surface area contributed by atoms with E-state index in [9.17, 15) is 14.4 Å². The van der Waals surface area contributed by atoms with E-state index in [4.69, 9.17) is 9.47 Å². The molecule has 1 heterocycles. The largest absolute Gasteiger partial charge is 0.493 e. The van der Waals surface area contributed by atoms with Crippen molar-refractivity contribution in [3.8, 4) is 11.4 Å². The minimum atomic E-state index is -0.825. The van der Waals surface area contributed by atoms with Crippen LogP contribution in [0.1, 0.15) is 23.3 Å². The average molecular weight is 358 g/mol.